The van der Waals surface area contributed by atoms with Gasteiger partial charge in [0.2, 0.25) is 11.5 Å². The summed E-state index contributed by atoms with van der Waals surface area (Å²) in [5.74, 6) is 2.60. The van der Waals surface area contributed by atoms with Crippen molar-refractivity contribution in [1.29, 1.82) is 0 Å². The predicted octanol–water partition coefficient (Wildman–Crippen LogP) is 1.71. The van der Waals surface area contributed by atoms with E-state index in [1.807, 2.05) is 19.2 Å². The zero-order valence-electron chi connectivity index (χ0n) is 17.2. The molecule has 3 N–H and O–H groups in total. The number of ether oxygens (including phenoxy) is 2. The summed E-state index contributed by atoms with van der Waals surface area (Å²) in [6, 6.07) is 4.31. The third kappa shape index (κ3) is 3.26. The van der Waals surface area contributed by atoms with E-state index in [1.165, 1.54) is 0 Å². The van der Waals surface area contributed by atoms with Gasteiger partial charge in [0.05, 0.1) is 13.7 Å². The lowest BCUT2D eigenvalue weighted by atomic mass is 9.92. The average molecular weight is 410 g/mol. The van der Waals surface area contributed by atoms with Crippen molar-refractivity contribution in [2.24, 2.45) is 5.73 Å². The molecule has 1 saturated carbocycles. The molecule has 10 nitrogen and oxygen atoms in total. The maximum atomic E-state index is 6.08. The van der Waals surface area contributed by atoms with Crippen molar-refractivity contribution < 1.29 is 9.47 Å². The molecule has 2 aliphatic rings. The Bertz CT molecular complexity index is 1060. The molecule has 0 unspecified atom stereocenters. The Morgan fingerprint density at radius 3 is 2.87 bits per heavy atom. The van der Waals surface area contributed by atoms with E-state index in [9.17, 15) is 0 Å². The zero-order valence-corrected chi connectivity index (χ0v) is 17.2. The lowest BCUT2D eigenvalue weighted by Gasteiger charge is -2.32. The lowest BCUT2D eigenvalue weighted by Crippen LogP contribution is -2.35. The van der Waals surface area contributed by atoms with Crippen LogP contribution in [0.3, 0.4) is 0 Å². The minimum Gasteiger partial charge on any atom is -0.486 e. The van der Waals surface area contributed by atoms with E-state index in [0.29, 0.717) is 41.8 Å². The van der Waals surface area contributed by atoms with Crippen molar-refractivity contribution in [1.82, 2.24) is 24.8 Å². The molecule has 1 aliphatic carbocycles. The molecule has 0 aromatic carbocycles. The van der Waals surface area contributed by atoms with Gasteiger partial charge >= 0.3 is 0 Å². The van der Waals surface area contributed by atoms with Crippen LogP contribution < -0.4 is 25.4 Å². The smallest absolute Gasteiger partial charge is 0.222 e. The molecule has 0 spiro atoms. The topological polar surface area (TPSA) is 116 Å². The van der Waals surface area contributed by atoms with Crippen LogP contribution in [0.4, 0.5) is 11.5 Å². The number of rotatable bonds is 4. The van der Waals surface area contributed by atoms with E-state index < -0.39 is 0 Å². The summed E-state index contributed by atoms with van der Waals surface area (Å²) in [5, 5.41) is 17.3. The molecular formula is C20H26N8O2. The van der Waals surface area contributed by atoms with E-state index in [-0.39, 0.29) is 0 Å². The largest absolute Gasteiger partial charge is 0.486 e. The number of nitrogens with zero attached hydrogens (tertiary/aromatic N) is 6. The van der Waals surface area contributed by atoms with E-state index in [0.717, 1.165) is 49.3 Å². The van der Waals surface area contributed by atoms with Gasteiger partial charge in [-0.1, -0.05) is 0 Å². The fraction of sp³-hybridized carbons (Fsp3) is 0.500. The fourth-order valence-electron chi connectivity index (χ4n) is 4.15. The second-order valence-corrected chi connectivity index (χ2v) is 7.90. The molecule has 1 aliphatic heterocycles. The summed E-state index contributed by atoms with van der Waals surface area (Å²) in [7, 11) is 3.64. The summed E-state index contributed by atoms with van der Waals surface area (Å²) < 4.78 is 13.0. The normalized spacial score (nSPS) is 21.2. The number of nitrogens with one attached hydrogen (secondary N) is 1. The third-order valence-corrected chi connectivity index (χ3v) is 5.85. The molecule has 0 radical (unpaired) electrons. The molecule has 158 valence electrons. The number of methoxy groups -OCH3 is 1. The average Bonchev–Trinajstić information content (AvgIpc) is 3.19. The monoisotopic (exact) mass is 410 g/mol. The number of aromatic nitrogens is 5. The van der Waals surface area contributed by atoms with Crippen molar-refractivity contribution in [3.8, 4) is 23.0 Å². The van der Waals surface area contributed by atoms with E-state index in [4.69, 9.17) is 20.3 Å². The van der Waals surface area contributed by atoms with Crippen molar-refractivity contribution in [3.05, 3.63) is 18.3 Å². The molecule has 3 aromatic rings. The van der Waals surface area contributed by atoms with Gasteiger partial charge < -0.3 is 25.4 Å². The first-order chi connectivity index (χ1) is 14.6. The van der Waals surface area contributed by atoms with Gasteiger partial charge in [0.1, 0.15) is 12.3 Å². The summed E-state index contributed by atoms with van der Waals surface area (Å²) in [6.45, 7) is 1.38. The molecule has 5 rings (SSSR count). The van der Waals surface area contributed by atoms with Crippen LogP contribution in [0.25, 0.3) is 17.0 Å². The molecule has 30 heavy (non-hydrogen) atoms. The van der Waals surface area contributed by atoms with Gasteiger partial charge in [-0.2, -0.15) is 4.52 Å². The molecular weight excluding hydrogens is 384 g/mol. The lowest BCUT2D eigenvalue weighted by molar-refractivity contribution is 0.312. The Labute approximate surface area is 174 Å². The minimum absolute atomic E-state index is 0.296. The SMILES string of the molecule is COc1cc(-c2nnc3c4c(c(NC5CCC(N)CC5)nn23)N(C)CCO4)ccn1. The van der Waals surface area contributed by atoms with Crippen molar-refractivity contribution in [3.63, 3.8) is 0 Å². The van der Waals surface area contributed by atoms with Gasteiger partial charge in [0, 0.05) is 37.0 Å². The van der Waals surface area contributed by atoms with Crippen LogP contribution in [0.2, 0.25) is 0 Å². The van der Waals surface area contributed by atoms with Gasteiger partial charge in [0.25, 0.3) is 0 Å². The fourth-order valence-corrected chi connectivity index (χ4v) is 4.15. The predicted molar refractivity (Wildman–Crippen MR) is 113 cm³/mol. The molecule has 0 amide bonds. The second kappa shape index (κ2) is 7.60. The number of anilines is 2. The van der Waals surface area contributed by atoms with Crippen LogP contribution >= 0.6 is 0 Å². The van der Waals surface area contributed by atoms with Crippen LogP contribution in [0, 0.1) is 0 Å². The van der Waals surface area contributed by atoms with Crippen LogP contribution in [0.1, 0.15) is 25.7 Å². The first-order valence-electron chi connectivity index (χ1n) is 10.3. The van der Waals surface area contributed by atoms with Crippen molar-refractivity contribution in [2.45, 2.75) is 37.8 Å². The Balaban J connectivity index is 1.62. The summed E-state index contributed by atoms with van der Waals surface area (Å²) in [4.78, 5) is 6.33. The van der Waals surface area contributed by atoms with Crippen molar-refractivity contribution in [2.75, 3.05) is 37.5 Å². The number of nitrogens with two attached hydrogens (primary N) is 1. The number of fused-ring (bicyclic) bond motifs is 3. The zero-order chi connectivity index (χ0) is 20.7. The number of pyridine rings is 1. The van der Waals surface area contributed by atoms with Gasteiger partial charge in [-0.3, -0.25) is 0 Å². The molecule has 1 fully saturated rings. The van der Waals surface area contributed by atoms with Crippen LogP contribution in [0.15, 0.2) is 18.3 Å². The highest BCUT2D eigenvalue weighted by atomic mass is 16.5. The molecule has 0 bridgehead atoms. The van der Waals surface area contributed by atoms with Crippen LogP contribution in [-0.2, 0) is 0 Å². The van der Waals surface area contributed by atoms with Crippen molar-refractivity contribution >= 4 is 17.2 Å². The first-order valence-corrected chi connectivity index (χ1v) is 10.3. The van der Waals surface area contributed by atoms with Gasteiger partial charge in [-0.05, 0) is 31.7 Å². The number of hydrogen-bond donors (Lipinski definition) is 2. The maximum absolute atomic E-state index is 6.08. The Kier molecular flexibility index (Phi) is 4.78. The molecule has 0 atom stereocenters. The summed E-state index contributed by atoms with van der Waals surface area (Å²) in [6.07, 6.45) is 5.77. The van der Waals surface area contributed by atoms with E-state index >= 15 is 0 Å². The summed E-state index contributed by atoms with van der Waals surface area (Å²) >= 11 is 0. The summed E-state index contributed by atoms with van der Waals surface area (Å²) in [5.41, 5.74) is 8.43. The standard InChI is InChI=1S/C20H26N8O2/c1-27-9-10-30-17-16(27)18(23-14-5-3-13(21)4-6-14)26-28-19(24-25-20(17)28)12-7-8-22-15(11-12)29-2/h7-8,11,13-14H,3-6,9-10,21H2,1-2H3,(H,23,26). The molecule has 4 heterocycles. The third-order valence-electron chi connectivity index (χ3n) is 5.85. The maximum Gasteiger partial charge on any atom is 0.222 e. The van der Waals surface area contributed by atoms with Gasteiger partial charge in [0.15, 0.2) is 17.4 Å². The second-order valence-electron chi connectivity index (χ2n) is 7.90. The molecule has 0 saturated heterocycles. The van der Waals surface area contributed by atoms with E-state index in [2.05, 4.69) is 25.4 Å². The highest BCUT2D eigenvalue weighted by Gasteiger charge is 2.29. The van der Waals surface area contributed by atoms with Gasteiger partial charge in [-0.25, -0.2) is 4.98 Å². The Morgan fingerprint density at radius 1 is 1.23 bits per heavy atom. The number of hydrogen-bond acceptors (Lipinski definition) is 9. The van der Waals surface area contributed by atoms with Gasteiger partial charge in [-0.15, -0.1) is 15.3 Å². The van der Waals surface area contributed by atoms with E-state index in [1.54, 1.807) is 17.8 Å². The van der Waals surface area contributed by atoms with Crippen LogP contribution in [-0.4, -0.2) is 64.2 Å². The quantitative estimate of drug-likeness (QED) is 0.663. The Morgan fingerprint density at radius 2 is 2.07 bits per heavy atom. The minimum atomic E-state index is 0.296. The highest BCUT2D eigenvalue weighted by molar-refractivity contribution is 5.82. The number of likely N-dealkylation sites (N-methyl/N-ethyl adjacent to an activating group) is 1. The molecule has 3 aromatic heterocycles. The molecule has 10 heteroatoms. The highest BCUT2D eigenvalue weighted by Crippen LogP contribution is 2.41. The van der Waals surface area contributed by atoms with Crippen LogP contribution in [0.5, 0.6) is 11.6 Å². The first kappa shape index (κ1) is 18.9. The Hall–Kier alpha value is -3.14.